The molecule has 0 bridgehead atoms. The number of amides is 1. The number of nitrogens with one attached hydrogen (secondary N) is 2. The maximum atomic E-state index is 13.2. The van der Waals surface area contributed by atoms with E-state index in [-0.39, 0.29) is 11.2 Å². The zero-order valence-electron chi connectivity index (χ0n) is 18.9. The standard InChI is InChI=1S/C19H20F3N5O9/c1-7(28)33-4-10-13(34-8(2)29)14(35-9(3)30)11(26-18(32)19(20,21)22)17(36-10)27-6-25-12-15(27)23-5-24-16(12)31/h5-6,10-11,13-14,17H,4H2,1-3H3,(H,26,32)(H,23,24,31)/t10-,11+,13-,14-,17-/m1/s1. The first-order valence-corrected chi connectivity index (χ1v) is 10.2. The van der Waals surface area contributed by atoms with E-state index in [1.807, 2.05) is 0 Å². The van der Waals surface area contributed by atoms with E-state index in [0.717, 1.165) is 38.0 Å². The lowest BCUT2D eigenvalue weighted by Crippen LogP contribution is -2.65. The van der Waals surface area contributed by atoms with E-state index < -0.39 is 72.7 Å². The molecule has 2 aromatic heterocycles. The van der Waals surface area contributed by atoms with Crippen molar-refractivity contribution in [3.63, 3.8) is 0 Å². The molecule has 1 saturated heterocycles. The minimum Gasteiger partial charge on any atom is -0.463 e. The summed E-state index contributed by atoms with van der Waals surface area (Å²) in [6, 6.07) is -1.85. The largest absolute Gasteiger partial charge is 0.471 e. The van der Waals surface area contributed by atoms with Crippen molar-refractivity contribution in [1.82, 2.24) is 24.8 Å². The molecule has 0 aromatic carbocycles. The van der Waals surface area contributed by atoms with Gasteiger partial charge in [0.15, 0.2) is 29.6 Å². The summed E-state index contributed by atoms with van der Waals surface area (Å²) < 4.78 is 61.7. The fourth-order valence-corrected chi connectivity index (χ4v) is 3.59. The quantitative estimate of drug-likeness (QED) is 0.371. The van der Waals surface area contributed by atoms with Crippen LogP contribution in [0.25, 0.3) is 11.2 Å². The first kappa shape index (κ1) is 26.6. The molecule has 1 fully saturated rings. The van der Waals surface area contributed by atoms with Gasteiger partial charge >= 0.3 is 30.0 Å². The highest BCUT2D eigenvalue weighted by atomic mass is 19.4. The lowest BCUT2D eigenvalue weighted by atomic mass is 9.94. The molecule has 5 atom stereocenters. The summed E-state index contributed by atoms with van der Waals surface area (Å²) in [6.07, 6.45) is -9.80. The molecule has 0 spiro atoms. The number of carbonyl (C=O) groups excluding carboxylic acids is 4. The molecular weight excluding hydrogens is 499 g/mol. The molecule has 3 heterocycles. The van der Waals surface area contributed by atoms with E-state index in [0.29, 0.717) is 0 Å². The van der Waals surface area contributed by atoms with Crippen molar-refractivity contribution < 1.29 is 51.3 Å². The number of halogens is 3. The topological polar surface area (TPSA) is 181 Å². The van der Waals surface area contributed by atoms with Crippen molar-refractivity contribution in [2.75, 3.05) is 6.61 Å². The highest BCUT2D eigenvalue weighted by Gasteiger charge is 2.54. The third-order valence-electron chi connectivity index (χ3n) is 4.92. The van der Waals surface area contributed by atoms with Gasteiger partial charge in [-0.3, -0.25) is 28.5 Å². The molecule has 1 amide bonds. The van der Waals surface area contributed by atoms with E-state index in [1.165, 1.54) is 0 Å². The molecule has 2 N–H and O–H groups in total. The van der Waals surface area contributed by atoms with Crippen molar-refractivity contribution in [2.24, 2.45) is 0 Å². The number of aromatic amines is 1. The molecule has 0 unspecified atom stereocenters. The van der Waals surface area contributed by atoms with E-state index in [2.05, 4.69) is 15.0 Å². The number of hydrogen-bond donors (Lipinski definition) is 2. The maximum absolute atomic E-state index is 13.2. The Labute approximate surface area is 199 Å². The van der Waals surface area contributed by atoms with E-state index >= 15 is 0 Å². The maximum Gasteiger partial charge on any atom is 0.471 e. The second-order valence-corrected chi connectivity index (χ2v) is 7.57. The van der Waals surface area contributed by atoms with Gasteiger partial charge < -0.3 is 29.2 Å². The van der Waals surface area contributed by atoms with E-state index in [1.54, 1.807) is 5.32 Å². The van der Waals surface area contributed by atoms with Gasteiger partial charge in [-0.25, -0.2) is 9.97 Å². The number of carbonyl (C=O) groups is 4. The summed E-state index contributed by atoms with van der Waals surface area (Å²) >= 11 is 0. The van der Waals surface area contributed by atoms with Crippen LogP contribution in [0.2, 0.25) is 0 Å². The third kappa shape index (κ3) is 5.78. The predicted octanol–water partition coefficient (Wildman–Crippen LogP) is -0.509. The van der Waals surface area contributed by atoms with Crippen molar-refractivity contribution in [2.45, 2.75) is 57.5 Å². The van der Waals surface area contributed by atoms with Crippen molar-refractivity contribution in [3.05, 3.63) is 23.0 Å². The van der Waals surface area contributed by atoms with Crippen LogP contribution in [0.5, 0.6) is 0 Å². The molecule has 196 valence electrons. The van der Waals surface area contributed by atoms with Gasteiger partial charge in [0.2, 0.25) is 0 Å². The Morgan fingerprint density at radius 2 is 1.72 bits per heavy atom. The average Bonchev–Trinajstić information content (AvgIpc) is 3.19. The normalized spacial score (nSPS) is 24.1. The fraction of sp³-hybridized carbons (Fsp3) is 0.526. The number of nitrogens with zero attached hydrogens (tertiary/aromatic N) is 3. The Hall–Kier alpha value is -4.02. The first-order valence-electron chi connectivity index (χ1n) is 10.2. The zero-order valence-corrected chi connectivity index (χ0v) is 18.9. The van der Waals surface area contributed by atoms with Crippen LogP contribution in [0.1, 0.15) is 27.0 Å². The van der Waals surface area contributed by atoms with Gasteiger partial charge in [0.05, 0.1) is 12.7 Å². The summed E-state index contributed by atoms with van der Waals surface area (Å²) in [5.74, 6) is -5.13. The van der Waals surface area contributed by atoms with Crippen LogP contribution in [0.3, 0.4) is 0 Å². The fourth-order valence-electron chi connectivity index (χ4n) is 3.59. The van der Waals surface area contributed by atoms with Gasteiger partial charge in [0, 0.05) is 20.8 Å². The van der Waals surface area contributed by atoms with E-state index in [4.69, 9.17) is 18.9 Å². The summed E-state index contributed by atoms with van der Waals surface area (Å²) in [5.41, 5.74) is -1.06. The summed E-state index contributed by atoms with van der Waals surface area (Å²) in [7, 11) is 0. The van der Waals surface area contributed by atoms with Crippen molar-refractivity contribution in [1.29, 1.82) is 0 Å². The molecule has 0 saturated carbocycles. The second-order valence-electron chi connectivity index (χ2n) is 7.57. The Balaban J connectivity index is 2.18. The minimum atomic E-state index is -5.36. The van der Waals surface area contributed by atoms with Crippen LogP contribution >= 0.6 is 0 Å². The van der Waals surface area contributed by atoms with Crippen molar-refractivity contribution >= 4 is 35.0 Å². The van der Waals surface area contributed by atoms with Gasteiger partial charge in [0.25, 0.3) is 5.56 Å². The van der Waals surface area contributed by atoms with Crippen LogP contribution < -0.4 is 10.9 Å². The number of alkyl halides is 3. The molecule has 2 aromatic rings. The number of rotatable bonds is 6. The highest BCUT2D eigenvalue weighted by Crippen LogP contribution is 2.34. The highest BCUT2D eigenvalue weighted by molar-refractivity contribution is 5.82. The Kier molecular flexibility index (Phi) is 7.61. The average molecular weight is 519 g/mol. The van der Waals surface area contributed by atoms with Crippen LogP contribution in [0.4, 0.5) is 13.2 Å². The molecule has 0 aliphatic carbocycles. The number of esters is 3. The third-order valence-corrected chi connectivity index (χ3v) is 4.92. The lowest BCUT2D eigenvalue weighted by molar-refractivity contribution is -0.239. The van der Waals surface area contributed by atoms with Crippen LogP contribution in [0, 0.1) is 0 Å². The number of ether oxygens (including phenoxy) is 4. The number of imidazole rings is 1. The van der Waals surface area contributed by atoms with E-state index in [9.17, 15) is 37.1 Å². The van der Waals surface area contributed by atoms with Gasteiger partial charge in [-0.05, 0) is 0 Å². The molecular formula is C19H20F3N5O9. The Morgan fingerprint density at radius 1 is 1.08 bits per heavy atom. The second kappa shape index (κ2) is 10.3. The number of hydrogen-bond acceptors (Lipinski definition) is 11. The van der Waals surface area contributed by atoms with Crippen LogP contribution in [0.15, 0.2) is 17.4 Å². The SMILES string of the molecule is CC(=O)OC[C@H]1O[C@@H](n2cnc3c(=O)[nH]cnc32)[C@@H](NC(=O)C(F)(F)F)[C@@H](OC(C)=O)[C@@H]1OC(C)=O. The molecule has 14 nitrogen and oxygen atoms in total. The van der Waals surface area contributed by atoms with Crippen molar-refractivity contribution in [3.8, 4) is 0 Å². The summed E-state index contributed by atoms with van der Waals surface area (Å²) in [4.78, 5) is 69.2. The summed E-state index contributed by atoms with van der Waals surface area (Å²) in [6.45, 7) is 2.40. The van der Waals surface area contributed by atoms with Gasteiger partial charge in [-0.1, -0.05) is 0 Å². The molecule has 17 heteroatoms. The smallest absolute Gasteiger partial charge is 0.463 e. The van der Waals surface area contributed by atoms with Gasteiger partial charge in [0.1, 0.15) is 18.8 Å². The summed E-state index contributed by atoms with van der Waals surface area (Å²) in [5, 5.41) is 1.69. The monoisotopic (exact) mass is 519 g/mol. The lowest BCUT2D eigenvalue weighted by Gasteiger charge is -2.45. The van der Waals surface area contributed by atoms with Crippen LogP contribution in [-0.4, -0.2) is 80.5 Å². The molecule has 3 rings (SSSR count). The molecule has 1 aliphatic heterocycles. The minimum absolute atomic E-state index is 0.159. The Bertz CT molecular complexity index is 1230. The number of aromatic nitrogens is 4. The zero-order chi connectivity index (χ0) is 26.8. The molecule has 36 heavy (non-hydrogen) atoms. The first-order chi connectivity index (χ1) is 16.8. The van der Waals surface area contributed by atoms with Gasteiger partial charge in [-0.15, -0.1) is 0 Å². The molecule has 0 radical (unpaired) electrons. The number of H-pyrrole nitrogens is 1. The van der Waals surface area contributed by atoms with Crippen LogP contribution in [-0.2, 0) is 38.1 Å². The number of fused-ring (bicyclic) bond motifs is 1. The molecule has 1 aliphatic rings. The predicted molar refractivity (Wildman–Crippen MR) is 108 cm³/mol. The Morgan fingerprint density at radius 3 is 2.31 bits per heavy atom. The van der Waals surface area contributed by atoms with Gasteiger partial charge in [-0.2, -0.15) is 13.2 Å².